The Hall–Kier alpha value is -1.79. The molecule has 2 saturated heterocycles. The van der Waals surface area contributed by atoms with E-state index < -0.39 is 41.5 Å². The number of nitrogens with zero attached hydrogens (tertiary/aromatic N) is 1. The zero-order chi connectivity index (χ0) is 16.7. The molecule has 0 aromatic heterocycles. The van der Waals surface area contributed by atoms with Gasteiger partial charge < -0.3 is 19.5 Å². The smallest absolute Gasteiger partial charge is 0.410 e. The first-order valence-electron chi connectivity index (χ1n) is 7.47. The maximum atomic E-state index is 12.5. The number of amides is 1. The van der Waals surface area contributed by atoms with E-state index in [-0.39, 0.29) is 12.5 Å². The SMILES string of the molecule is COC(=O)[C@H]1C[C@H](C(=O)O)[C@@H]2CC[C@H]1N2C(=O)OC(C)(C)C. The molecule has 7 nitrogen and oxygen atoms in total. The molecule has 124 valence electrons. The predicted molar refractivity (Wildman–Crippen MR) is 76.1 cm³/mol. The minimum absolute atomic E-state index is 0.205. The maximum Gasteiger partial charge on any atom is 0.410 e. The summed E-state index contributed by atoms with van der Waals surface area (Å²) in [5.41, 5.74) is -0.673. The summed E-state index contributed by atoms with van der Waals surface area (Å²) < 4.78 is 10.2. The van der Waals surface area contributed by atoms with Gasteiger partial charge in [0.05, 0.1) is 18.9 Å². The molecule has 2 aliphatic rings. The van der Waals surface area contributed by atoms with E-state index in [0.717, 1.165) is 0 Å². The Balaban J connectivity index is 2.30. The highest BCUT2D eigenvalue weighted by Crippen LogP contribution is 2.43. The molecule has 0 aliphatic carbocycles. The van der Waals surface area contributed by atoms with Crippen molar-refractivity contribution in [3.8, 4) is 0 Å². The number of carboxylic acids is 1. The predicted octanol–water partition coefficient (Wildman–Crippen LogP) is 1.65. The van der Waals surface area contributed by atoms with Gasteiger partial charge in [-0.3, -0.25) is 9.59 Å². The highest BCUT2D eigenvalue weighted by molar-refractivity contribution is 5.80. The highest BCUT2D eigenvalue weighted by atomic mass is 16.6. The lowest BCUT2D eigenvalue weighted by Crippen LogP contribution is -2.56. The molecule has 0 spiro atoms. The fourth-order valence-corrected chi connectivity index (χ4v) is 3.50. The normalized spacial score (nSPS) is 30.8. The monoisotopic (exact) mass is 313 g/mol. The lowest BCUT2D eigenvalue weighted by molar-refractivity contribution is -0.155. The van der Waals surface area contributed by atoms with Crippen LogP contribution < -0.4 is 0 Å². The third-order valence-corrected chi connectivity index (χ3v) is 4.34. The van der Waals surface area contributed by atoms with Crippen molar-refractivity contribution in [3.05, 3.63) is 0 Å². The molecule has 2 aliphatic heterocycles. The Morgan fingerprint density at radius 1 is 1.09 bits per heavy atom. The van der Waals surface area contributed by atoms with E-state index in [1.54, 1.807) is 20.8 Å². The van der Waals surface area contributed by atoms with Crippen LogP contribution in [0.2, 0.25) is 0 Å². The van der Waals surface area contributed by atoms with Gasteiger partial charge in [-0.2, -0.15) is 0 Å². The third-order valence-electron chi connectivity index (χ3n) is 4.34. The van der Waals surface area contributed by atoms with Crippen molar-refractivity contribution in [1.29, 1.82) is 0 Å². The second kappa shape index (κ2) is 5.78. The first kappa shape index (κ1) is 16.6. The van der Waals surface area contributed by atoms with Crippen LogP contribution in [0.25, 0.3) is 0 Å². The number of rotatable bonds is 2. The summed E-state index contributed by atoms with van der Waals surface area (Å²) in [6, 6.07) is -0.763. The number of piperidine rings is 1. The Bertz CT molecular complexity index is 483. The molecule has 22 heavy (non-hydrogen) atoms. The summed E-state index contributed by atoms with van der Waals surface area (Å²) in [6.45, 7) is 5.26. The van der Waals surface area contributed by atoms with Crippen LogP contribution in [0.1, 0.15) is 40.0 Å². The molecule has 0 unspecified atom stereocenters. The zero-order valence-corrected chi connectivity index (χ0v) is 13.4. The highest BCUT2D eigenvalue weighted by Gasteiger charge is 2.55. The van der Waals surface area contributed by atoms with E-state index in [9.17, 15) is 19.5 Å². The molecule has 1 N–H and O–H groups in total. The Kier molecular flexibility index (Phi) is 4.35. The van der Waals surface area contributed by atoms with Crippen molar-refractivity contribution < 1.29 is 29.0 Å². The van der Waals surface area contributed by atoms with Crippen LogP contribution in [0.4, 0.5) is 4.79 Å². The molecule has 2 rings (SSSR count). The van der Waals surface area contributed by atoms with E-state index >= 15 is 0 Å². The van der Waals surface area contributed by atoms with E-state index in [1.807, 2.05) is 0 Å². The number of carboxylic acid groups (broad SMARTS) is 1. The molecular weight excluding hydrogens is 290 g/mol. The molecule has 2 heterocycles. The quantitative estimate of drug-likeness (QED) is 0.779. The lowest BCUT2D eigenvalue weighted by Gasteiger charge is -2.42. The molecule has 0 aromatic rings. The van der Waals surface area contributed by atoms with Gasteiger partial charge >= 0.3 is 18.0 Å². The van der Waals surface area contributed by atoms with E-state index in [1.165, 1.54) is 12.0 Å². The average molecular weight is 313 g/mol. The van der Waals surface area contributed by atoms with Crippen LogP contribution in [0, 0.1) is 11.8 Å². The summed E-state index contributed by atoms with van der Waals surface area (Å²) in [4.78, 5) is 37.4. The van der Waals surface area contributed by atoms with Crippen LogP contribution in [-0.4, -0.2) is 52.8 Å². The van der Waals surface area contributed by atoms with Crippen molar-refractivity contribution in [2.45, 2.75) is 57.7 Å². The first-order chi connectivity index (χ1) is 10.2. The second-order valence-corrected chi connectivity index (χ2v) is 6.91. The van der Waals surface area contributed by atoms with Gasteiger partial charge in [0.15, 0.2) is 0 Å². The van der Waals surface area contributed by atoms with E-state index in [0.29, 0.717) is 12.8 Å². The number of ether oxygens (including phenoxy) is 2. The van der Waals surface area contributed by atoms with Gasteiger partial charge in [0.2, 0.25) is 0 Å². The summed E-state index contributed by atoms with van der Waals surface area (Å²) in [5, 5.41) is 9.43. The first-order valence-corrected chi connectivity index (χ1v) is 7.47. The number of esters is 1. The number of fused-ring (bicyclic) bond motifs is 2. The summed E-state index contributed by atoms with van der Waals surface area (Å²) in [7, 11) is 1.27. The van der Waals surface area contributed by atoms with Crippen molar-refractivity contribution in [2.75, 3.05) is 7.11 Å². The van der Waals surface area contributed by atoms with Crippen molar-refractivity contribution in [2.24, 2.45) is 11.8 Å². The second-order valence-electron chi connectivity index (χ2n) is 6.91. The van der Waals surface area contributed by atoms with Crippen LogP contribution in [0.3, 0.4) is 0 Å². The van der Waals surface area contributed by atoms with E-state index in [2.05, 4.69) is 0 Å². The van der Waals surface area contributed by atoms with Gasteiger partial charge in [-0.15, -0.1) is 0 Å². The molecular formula is C15H23NO6. The number of carbonyl (C=O) groups is 3. The minimum atomic E-state index is -0.993. The standard InChI is InChI=1S/C15H23NO6/c1-15(2,3)22-14(20)16-10-5-6-11(16)9(13(19)21-4)7-8(10)12(17)18/h8-11H,5-7H2,1-4H3,(H,17,18)/t8-,9-,10-,11+/m0/s1. The summed E-state index contributed by atoms with van der Waals surface area (Å²) in [5.74, 6) is -2.84. The molecule has 2 fully saturated rings. The van der Waals surface area contributed by atoms with Gasteiger partial charge in [0.25, 0.3) is 0 Å². The fraction of sp³-hybridized carbons (Fsp3) is 0.800. The number of hydrogen-bond acceptors (Lipinski definition) is 5. The Morgan fingerprint density at radius 2 is 1.64 bits per heavy atom. The number of methoxy groups -OCH3 is 1. The minimum Gasteiger partial charge on any atom is -0.481 e. The number of hydrogen-bond donors (Lipinski definition) is 1. The van der Waals surface area contributed by atoms with Crippen LogP contribution in [0.15, 0.2) is 0 Å². The maximum absolute atomic E-state index is 12.5. The molecule has 4 atom stereocenters. The molecule has 2 bridgehead atoms. The zero-order valence-electron chi connectivity index (χ0n) is 13.4. The summed E-state index contributed by atoms with van der Waals surface area (Å²) >= 11 is 0. The van der Waals surface area contributed by atoms with Crippen molar-refractivity contribution in [1.82, 2.24) is 4.90 Å². The van der Waals surface area contributed by atoms with Crippen molar-refractivity contribution in [3.63, 3.8) is 0 Å². The van der Waals surface area contributed by atoms with Gasteiger partial charge in [0.1, 0.15) is 5.60 Å². The van der Waals surface area contributed by atoms with Gasteiger partial charge in [0, 0.05) is 12.1 Å². The topological polar surface area (TPSA) is 93.1 Å². The van der Waals surface area contributed by atoms with Crippen LogP contribution in [0.5, 0.6) is 0 Å². The van der Waals surface area contributed by atoms with E-state index in [4.69, 9.17) is 9.47 Å². The Labute approximate surface area is 129 Å². The molecule has 0 aromatic carbocycles. The van der Waals surface area contributed by atoms with Crippen LogP contribution in [-0.2, 0) is 19.1 Å². The lowest BCUT2D eigenvalue weighted by atomic mass is 9.83. The van der Waals surface area contributed by atoms with Gasteiger partial charge in [-0.1, -0.05) is 0 Å². The van der Waals surface area contributed by atoms with Crippen molar-refractivity contribution >= 4 is 18.0 Å². The summed E-state index contributed by atoms with van der Waals surface area (Å²) in [6.07, 6.45) is 0.804. The average Bonchev–Trinajstić information content (AvgIpc) is 2.72. The Morgan fingerprint density at radius 3 is 2.09 bits per heavy atom. The van der Waals surface area contributed by atoms with Crippen LogP contribution >= 0.6 is 0 Å². The fourth-order valence-electron chi connectivity index (χ4n) is 3.50. The molecule has 0 radical (unpaired) electrons. The third kappa shape index (κ3) is 3.03. The van der Waals surface area contributed by atoms with Gasteiger partial charge in [-0.25, -0.2) is 4.79 Å². The molecule has 0 saturated carbocycles. The van der Waals surface area contributed by atoms with Gasteiger partial charge in [-0.05, 0) is 40.0 Å². The molecule has 1 amide bonds. The largest absolute Gasteiger partial charge is 0.481 e. The molecule has 7 heteroatoms. The number of aliphatic carboxylic acids is 1. The number of carbonyl (C=O) groups excluding carboxylic acids is 2.